The van der Waals surface area contributed by atoms with Crippen LogP contribution >= 0.6 is 0 Å². The fraction of sp³-hybridized carbons (Fsp3) is 0.909. The average molecular weight is 168 g/mol. The van der Waals surface area contributed by atoms with Gasteiger partial charge in [0.2, 0.25) is 0 Å². The topological polar surface area (TPSA) is 3.01 Å². The first-order chi connectivity index (χ1) is 5.59. The SMILES string of the molecule is CC(CC(C)CC1CC1)=[N+](C)C. The first kappa shape index (κ1) is 9.76. The van der Waals surface area contributed by atoms with E-state index in [1.54, 1.807) is 0 Å². The number of nitrogens with zero attached hydrogens (tertiary/aromatic N) is 1. The Balaban J connectivity index is 2.24. The maximum atomic E-state index is 2.38. The highest BCUT2D eigenvalue weighted by Crippen LogP contribution is 2.35. The van der Waals surface area contributed by atoms with Gasteiger partial charge in [-0.1, -0.05) is 19.8 Å². The second-order valence-corrected chi connectivity index (χ2v) is 4.62. The molecule has 0 radical (unpaired) electrons. The summed E-state index contributed by atoms with van der Waals surface area (Å²) in [6, 6.07) is 0. The molecule has 0 aliphatic heterocycles. The van der Waals surface area contributed by atoms with Crippen molar-refractivity contribution < 1.29 is 4.58 Å². The largest absolute Gasteiger partial charge is 0.243 e. The van der Waals surface area contributed by atoms with Gasteiger partial charge in [-0.25, -0.2) is 4.58 Å². The molecule has 1 rings (SSSR count). The Kier molecular flexibility index (Phi) is 3.30. The van der Waals surface area contributed by atoms with E-state index in [2.05, 4.69) is 32.5 Å². The van der Waals surface area contributed by atoms with E-state index < -0.39 is 0 Å². The minimum Gasteiger partial charge on any atom is -0.243 e. The van der Waals surface area contributed by atoms with Crippen molar-refractivity contribution in [2.24, 2.45) is 11.8 Å². The van der Waals surface area contributed by atoms with E-state index in [1.165, 1.54) is 31.4 Å². The maximum Gasteiger partial charge on any atom is 0.148 e. The number of hydrogen-bond donors (Lipinski definition) is 0. The van der Waals surface area contributed by atoms with Crippen molar-refractivity contribution >= 4 is 5.71 Å². The zero-order valence-corrected chi connectivity index (χ0v) is 8.93. The molecule has 0 bridgehead atoms. The zero-order valence-electron chi connectivity index (χ0n) is 8.93. The Hall–Kier alpha value is -0.330. The molecule has 1 saturated carbocycles. The number of hydrogen-bond acceptors (Lipinski definition) is 0. The van der Waals surface area contributed by atoms with Gasteiger partial charge in [-0.05, 0) is 18.3 Å². The molecule has 1 nitrogen and oxygen atoms in total. The standard InChI is InChI=1S/C11H22N/c1-9(8-11-5-6-11)7-10(2)12(3)4/h9,11H,5-8H2,1-4H3/q+1. The predicted octanol–water partition coefficient (Wildman–Crippen LogP) is 2.55. The Bertz CT molecular complexity index is 173. The molecule has 0 saturated heterocycles. The highest BCUT2D eigenvalue weighted by atomic mass is 14.9. The minimum atomic E-state index is 0.889. The van der Waals surface area contributed by atoms with Crippen LogP contribution in [-0.2, 0) is 0 Å². The smallest absolute Gasteiger partial charge is 0.148 e. The molecular formula is C11H22N+. The van der Waals surface area contributed by atoms with Crippen molar-refractivity contribution in [3.8, 4) is 0 Å². The van der Waals surface area contributed by atoms with Crippen LogP contribution in [0.3, 0.4) is 0 Å². The lowest BCUT2D eigenvalue weighted by atomic mass is 9.98. The van der Waals surface area contributed by atoms with Crippen LogP contribution in [0.4, 0.5) is 0 Å². The van der Waals surface area contributed by atoms with E-state index in [-0.39, 0.29) is 0 Å². The molecule has 1 heteroatoms. The summed E-state index contributed by atoms with van der Waals surface area (Å²) in [5.41, 5.74) is 1.52. The van der Waals surface area contributed by atoms with Crippen LogP contribution < -0.4 is 0 Å². The van der Waals surface area contributed by atoms with Gasteiger partial charge in [-0.2, -0.15) is 0 Å². The quantitative estimate of drug-likeness (QED) is 0.448. The molecule has 1 aliphatic carbocycles. The predicted molar refractivity (Wildman–Crippen MR) is 53.9 cm³/mol. The van der Waals surface area contributed by atoms with Gasteiger partial charge in [0.05, 0.1) is 0 Å². The van der Waals surface area contributed by atoms with E-state index in [4.69, 9.17) is 0 Å². The van der Waals surface area contributed by atoms with Gasteiger partial charge in [0.1, 0.15) is 19.8 Å². The van der Waals surface area contributed by atoms with Crippen molar-refractivity contribution in [3.05, 3.63) is 0 Å². The van der Waals surface area contributed by atoms with Gasteiger partial charge in [-0.3, -0.25) is 0 Å². The summed E-state index contributed by atoms with van der Waals surface area (Å²) in [5.74, 6) is 1.97. The third kappa shape index (κ3) is 3.38. The summed E-state index contributed by atoms with van der Waals surface area (Å²) < 4.78 is 2.24. The third-order valence-electron chi connectivity index (χ3n) is 2.84. The normalized spacial score (nSPS) is 19.0. The lowest BCUT2D eigenvalue weighted by Gasteiger charge is -2.08. The highest BCUT2D eigenvalue weighted by molar-refractivity contribution is 5.76. The van der Waals surface area contributed by atoms with Crippen molar-refractivity contribution in [1.82, 2.24) is 0 Å². The Morgan fingerprint density at radius 2 is 2.00 bits per heavy atom. The Morgan fingerprint density at radius 3 is 2.42 bits per heavy atom. The average Bonchev–Trinajstić information content (AvgIpc) is 2.71. The summed E-state index contributed by atoms with van der Waals surface area (Å²) in [6.07, 6.45) is 5.71. The van der Waals surface area contributed by atoms with Crippen LogP contribution in [0, 0.1) is 11.8 Å². The Morgan fingerprint density at radius 1 is 1.42 bits per heavy atom. The summed E-state index contributed by atoms with van der Waals surface area (Å²) in [4.78, 5) is 0. The van der Waals surface area contributed by atoms with Gasteiger partial charge in [0.25, 0.3) is 0 Å². The van der Waals surface area contributed by atoms with Gasteiger partial charge < -0.3 is 0 Å². The first-order valence-electron chi connectivity index (χ1n) is 5.09. The minimum absolute atomic E-state index is 0.889. The molecule has 1 atom stereocenters. The Labute approximate surface area is 76.5 Å². The molecule has 0 aromatic rings. The van der Waals surface area contributed by atoms with Crippen LogP contribution in [0.1, 0.15) is 39.5 Å². The monoisotopic (exact) mass is 168 g/mol. The number of rotatable bonds is 4. The highest BCUT2D eigenvalue weighted by Gasteiger charge is 2.24. The molecule has 1 aliphatic rings. The second kappa shape index (κ2) is 4.06. The molecule has 0 spiro atoms. The molecule has 0 aromatic heterocycles. The van der Waals surface area contributed by atoms with Gasteiger partial charge in [0, 0.05) is 13.3 Å². The summed E-state index contributed by atoms with van der Waals surface area (Å²) in [5, 5.41) is 0. The third-order valence-corrected chi connectivity index (χ3v) is 2.84. The fourth-order valence-corrected chi connectivity index (χ4v) is 1.69. The summed E-state index contributed by atoms with van der Waals surface area (Å²) in [7, 11) is 4.28. The van der Waals surface area contributed by atoms with Crippen LogP contribution in [0.5, 0.6) is 0 Å². The summed E-state index contributed by atoms with van der Waals surface area (Å²) >= 11 is 0. The fourth-order valence-electron chi connectivity index (χ4n) is 1.69. The zero-order chi connectivity index (χ0) is 9.14. The van der Waals surface area contributed by atoms with E-state index in [0.29, 0.717) is 0 Å². The van der Waals surface area contributed by atoms with Crippen molar-refractivity contribution in [2.45, 2.75) is 39.5 Å². The molecule has 0 amide bonds. The molecule has 0 heterocycles. The van der Waals surface area contributed by atoms with Gasteiger partial charge >= 0.3 is 0 Å². The maximum absolute atomic E-state index is 2.38. The van der Waals surface area contributed by atoms with E-state index in [0.717, 1.165) is 11.8 Å². The molecule has 1 fully saturated rings. The van der Waals surface area contributed by atoms with E-state index >= 15 is 0 Å². The van der Waals surface area contributed by atoms with Gasteiger partial charge in [-0.15, -0.1) is 0 Å². The van der Waals surface area contributed by atoms with Gasteiger partial charge in [0.15, 0.2) is 0 Å². The van der Waals surface area contributed by atoms with E-state index in [9.17, 15) is 0 Å². The van der Waals surface area contributed by atoms with Crippen molar-refractivity contribution in [2.75, 3.05) is 14.1 Å². The van der Waals surface area contributed by atoms with Crippen LogP contribution in [0.15, 0.2) is 0 Å². The molecule has 0 N–H and O–H groups in total. The summed E-state index contributed by atoms with van der Waals surface area (Å²) in [6.45, 7) is 4.62. The second-order valence-electron chi connectivity index (χ2n) is 4.62. The molecule has 1 unspecified atom stereocenters. The van der Waals surface area contributed by atoms with Crippen molar-refractivity contribution in [1.29, 1.82) is 0 Å². The molecule has 12 heavy (non-hydrogen) atoms. The molecular weight excluding hydrogens is 146 g/mol. The van der Waals surface area contributed by atoms with Crippen molar-refractivity contribution in [3.63, 3.8) is 0 Å². The van der Waals surface area contributed by atoms with Crippen LogP contribution in [0.25, 0.3) is 0 Å². The molecule has 0 aromatic carbocycles. The van der Waals surface area contributed by atoms with Crippen LogP contribution in [-0.4, -0.2) is 24.4 Å². The molecule has 70 valence electrons. The lowest BCUT2D eigenvalue weighted by molar-refractivity contribution is -0.466. The van der Waals surface area contributed by atoms with E-state index in [1.807, 2.05) is 0 Å². The van der Waals surface area contributed by atoms with Crippen LogP contribution in [0.2, 0.25) is 0 Å². The first-order valence-corrected chi connectivity index (χ1v) is 5.09. The lowest BCUT2D eigenvalue weighted by Crippen LogP contribution is -2.13.